The van der Waals surface area contributed by atoms with Gasteiger partial charge in [0, 0.05) is 18.1 Å². The lowest BCUT2D eigenvalue weighted by atomic mass is 9.98. The minimum Gasteiger partial charge on any atom is -0.378 e. The molecule has 24 heavy (non-hydrogen) atoms. The quantitative estimate of drug-likeness (QED) is 0.705. The summed E-state index contributed by atoms with van der Waals surface area (Å²) in [6, 6.07) is 0. The van der Waals surface area contributed by atoms with E-state index in [0.717, 1.165) is 33.4 Å². The van der Waals surface area contributed by atoms with Crippen molar-refractivity contribution >= 4 is 21.9 Å². The summed E-state index contributed by atoms with van der Waals surface area (Å²) in [7, 11) is 1.70. The van der Waals surface area contributed by atoms with Gasteiger partial charge in [-0.25, -0.2) is 9.50 Å². The summed E-state index contributed by atoms with van der Waals surface area (Å²) in [6.07, 6.45) is 8.80. The number of nitrogens with zero attached hydrogens (tertiary/aromatic N) is 3. The Morgan fingerprint density at radius 3 is 2.67 bits per heavy atom. The first kappa shape index (κ1) is 18.6. The van der Waals surface area contributed by atoms with Crippen LogP contribution in [-0.4, -0.2) is 27.8 Å². The van der Waals surface area contributed by atoms with Gasteiger partial charge in [0.05, 0.1) is 17.5 Å². The van der Waals surface area contributed by atoms with Crippen LogP contribution < -0.4 is 0 Å². The molecule has 2 heterocycles. The lowest BCUT2D eigenvalue weighted by Crippen LogP contribution is -2.11. The van der Waals surface area contributed by atoms with E-state index in [9.17, 15) is 0 Å². The number of ether oxygens (including phenoxy) is 1. The van der Waals surface area contributed by atoms with Crippen molar-refractivity contribution in [2.45, 2.75) is 52.6 Å². The van der Waals surface area contributed by atoms with E-state index in [2.05, 4.69) is 40.3 Å². The lowest BCUT2D eigenvalue weighted by Gasteiger charge is -2.13. The summed E-state index contributed by atoms with van der Waals surface area (Å²) in [6.45, 7) is 14.5. The second-order valence-electron chi connectivity index (χ2n) is 6.77. The molecule has 0 aliphatic heterocycles. The number of aromatic nitrogens is 3. The van der Waals surface area contributed by atoms with Crippen molar-refractivity contribution in [2.24, 2.45) is 0 Å². The van der Waals surface area contributed by atoms with Crippen LogP contribution in [0.25, 0.3) is 10.5 Å². The maximum Gasteiger partial charge on any atom is 0.212 e. The number of hydrogen-bond donors (Lipinski definition) is 0. The third-order valence-corrected chi connectivity index (χ3v) is 5.08. The molecule has 0 amide bonds. The van der Waals surface area contributed by atoms with Crippen LogP contribution in [0.4, 0.5) is 0 Å². The van der Waals surface area contributed by atoms with E-state index in [1.54, 1.807) is 24.5 Å². The summed E-state index contributed by atoms with van der Waals surface area (Å²) in [5, 5.41) is 5.92. The van der Waals surface area contributed by atoms with Crippen LogP contribution in [-0.2, 0) is 16.6 Å². The average Bonchev–Trinajstić information content (AvgIpc) is 3.08. The van der Waals surface area contributed by atoms with Crippen molar-refractivity contribution in [2.75, 3.05) is 7.11 Å². The molecule has 2 aromatic heterocycles. The van der Waals surface area contributed by atoms with E-state index in [-0.39, 0.29) is 11.5 Å². The maximum absolute atomic E-state index is 5.31. The normalized spacial score (nSPS) is 14.7. The molecule has 0 fully saturated rings. The van der Waals surface area contributed by atoms with E-state index in [0.29, 0.717) is 0 Å². The van der Waals surface area contributed by atoms with E-state index in [1.807, 2.05) is 23.6 Å². The molecular weight excluding hydrogens is 318 g/mol. The summed E-state index contributed by atoms with van der Waals surface area (Å²) >= 11 is 1.66. The third kappa shape index (κ3) is 3.84. The number of aryl methyl sites for hydroxylation is 1. The standard InChI is InChI=1S/C19H27N3OS/c1-8-10-14(12-11-13(3)23-7)16-15(9-2)20-18-22(16)21-17(24-18)19(4,5)6/h8,10-13H,1,9H2,2-7H3/b12-11-,14-10+. The van der Waals surface area contributed by atoms with Crippen LogP contribution in [0.15, 0.2) is 30.9 Å². The highest BCUT2D eigenvalue weighted by Crippen LogP contribution is 2.31. The Morgan fingerprint density at radius 1 is 1.42 bits per heavy atom. The summed E-state index contributed by atoms with van der Waals surface area (Å²) in [5.74, 6) is 0. The van der Waals surface area contributed by atoms with Crippen LogP contribution >= 0.6 is 11.3 Å². The molecule has 0 aliphatic carbocycles. The van der Waals surface area contributed by atoms with Gasteiger partial charge in [0.1, 0.15) is 5.01 Å². The Labute approximate surface area is 148 Å². The average molecular weight is 346 g/mol. The van der Waals surface area contributed by atoms with Gasteiger partial charge < -0.3 is 4.74 Å². The smallest absolute Gasteiger partial charge is 0.212 e. The SMILES string of the molecule is C=C/C=C(\C=C/C(C)OC)c1c(CC)nc2sc(C(C)(C)C)nn12. The predicted molar refractivity (Wildman–Crippen MR) is 103 cm³/mol. The van der Waals surface area contributed by atoms with Gasteiger partial charge in [0.15, 0.2) is 0 Å². The van der Waals surface area contributed by atoms with Crippen LogP contribution in [0.5, 0.6) is 0 Å². The minimum atomic E-state index is 0.0116. The topological polar surface area (TPSA) is 39.4 Å². The second kappa shape index (κ2) is 7.45. The van der Waals surface area contributed by atoms with Crippen molar-refractivity contribution < 1.29 is 4.74 Å². The van der Waals surface area contributed by atoms with E-state index in [4.69, 9.17) is 14.8 Å². The molecule has 2 aromatic rings. The molecule has 130 valence electrons. The largest absolute Gasteiger partial charge is 0.378 e. The molecule has 0 bridgehead atoms. The zero-order valence-electron chi connectivity index (χ0n) is 15.5. The van der Waals surface area contributed by atoms with Crippen molar-refractivity contribution in [3.63, 3.8) is 0 Å². The molecule has 0 saturated carbocycles. The molecule has 1 unspecified atom stereocenters. The van der Waals surface area contributed by atoms with E-state index < -0.39 is 0 Å². The predicted octanol–water partition coefficient (Wildman–Crippen LogP) is 4.81. The Hall–Kier alpha value is -1.72. The molecule has 0 aromatic carbocycles. The number of fused-ring (bicyclic) bond motifs is 1. The number of imidazole rings is 1. The fourth-order valence-electron chi connectivity index (χ4n) is 2.29. The van der Waals surface area contributed by atoms with Crippen LogP contribution in [0.1, 0.15) is 51.0 Å². The van der Waals surface area contributed by atoms with Crippen molar-refractivity contribution in [3.05, 3.63) is 47.3 Å². The first-order chi connectivity index (χ1) is 11.3. The molecule has 2 rings (SSSR count). The van der Waals surface area contributed by atoms with Crippen LogP contribution in [0, 0.1) is 0 Å². The molecule has 1 atom stereocenters. The summed E-state index contributed by atoms with van der Waals surface area (Å²) < 4.78 is 7.29. The zero-order valence-corrected chi connectivity index (χ0v) is 16.3. The van der Waals surface area contributed by atoms with E-state index >= 15 is 0 Å². The van der Waals surface area contributed by atoms with Gasteiger partial charge in [-0.1, -0.05) is 69.9 Å². The third-order valence-electron chi connectivity index (χ3n) is 3.74. The Bertz CT molecular complexity index is 774. The minimum absolute atomic E-state index is 0.0116. The van der Waals surface area contributed by atoms with E-state index in [1.165, 1.54) is 0 Å². The Morgan fingerprint density at radius 2 is 2.12 bits per heavy atom. The van der Waals surface area contributed by atoms with Gasteiger partial charge in [-0.05, 0) is 13.3 Å². The highest BCUT2D eigenvalue weighted by Gasteiger charge is 2.23. The van der Waals surface area contributed by atoms with Gasteiger partial charge in [0.25, 0.3) is 0 Å². The highest BCUT2D eigenvalue weighted by molar-refractivity contribution is 7.16. The molecule has 0 N–H and O–H groups in total. The highest BCUT2D eigenvalue weighted by atomic mass is 32.1. The zero-order chi connectivity index (χ0) is 17.9. The van der Waals surface area contributed by atoms with Gasteiger partial charge in [-0.15, -0.1) is 0 Å². The summed E-state index contributed by atoms with van der Waals surface area (Å²) in [5.41, 5.74) is 3.15. The van der Waals surface area contributed by atoms with Crippen molar-refractivity contribution in [3.8, 4) is 0 Å². The van der Waals surface area contributed by atoms with Gasteiger partial charge in [0.2, 0.25) is 4.96 Å². The summed E-state index contributed by atoms with van der Waals surface area (Å²) in [4.78, 5) is 5.73. The van der Waals surface area contributed by atoms with Gasteiger partial charge >= 0.3 is 0 Å². The molecule has 0 aliphatic rings. The first-order valence-electron chi connectivity index (χ1n) is 8.24. The number of methoxy groups -OCH3 is 1. The maximum atomic E-state index is 5.31. The Balaban J connectivity index is 2.61. The molecule has 0 radical (unpaired) electrons. The fraction of sp³-hybridized carbons (Fsp3) is 0.474. The van der Waals surface area contributed by atoms with Gasteiger partial charge in [-0.2, -0.15) is 5.10 Å². The molecular formula is C19H27N3OS. The van der Waals surface area contributed by atoms with Crippen molar-refractivity contribution in [1.82, 2.24) is 14.6 Å². The first-order valence-corrected chi connectivity index (χ1v) is 9.06. The monoisotopic (exact) mass is 345 g/mol. The second-order valence-corrected chi connectivity index (χ2v) is 7.73. The van der Waals surface area contributed by atoms with Crippen LogP contribution in [0.3, 0.4) is 0 Å². The molecule has 5 heteroatoms. The molecule has 0 saturated heterocycles. The number of hydrogen-bond acceptors (Lipinski definition) is 4. The van der Waals surface area contributed by atoms with Crippen LogP contribution in [0.2, 0.25) is 0 Å². The number of allylic oxidation sites excluding steroid dienone is 4. The Kier molecular flexibility index (Phi) is 5.78. The lowest BCUT2D eigenvalue weighted by molar-refractivity contribution is 0.156. The fourth-order valence-corrected chi connectivity index (χ4v) is 3.26. The molecule has 4 nitrogen and oxygen atoms in total. The molecule has 0 spiro atoms. The van der Waals surface area contributed by atoms with Gasteiger partial charge in [-0.3, -0.25) is 0 Å². The number of rotatable bonds is 6. The van der Waals surface area contributed by atoms with Crippen molar-refractivity contribution in [1.29, 1.82) is 0 Å².